The third kappa shape index (κ3) is 14.0. The highest BCUT2D eigenvalue weighted by molar-refractivity contribution is 6.74. The van der Waals surface area contributed by atoms with E-state index in [4.69, 9.17) is 24.1 Å². The maximum atomic E-state index is 11.1. The van der Waals surface area contributed by atoms with Crippen LogP contribution in [0.3, 0.4) is 0 Å². The number of carboxylic acids is 2. The van der Waals surface area contributed by atoms with Crippen LogP contribution in [-0.2, 0) is 39.7 Å². The van der Waals surface area contributed by atoms with Crippen molar-refractivity contribution in [2.45, 2.75) is 193 Å². The van der Waals surface area contributed by atoms with Crippen LogP contribution >= 0.6 is 0 Å². The molecule has 0 heterocycles. The first kappa shape index (κ1) is 51.0. The molecule has 63 heavy (non-hydrogen) atoms. The van der Waals surface area contributed by atoms with E-state index in [2.05, 4.69) is 59.8 Å². The van der Waals surface area contributed by atoms with Crippen molar-refractivity contribution in [1.29, 1.82) is 0 Å². The summed E-state index contributed by atoms with van der Waals surface area (Å²) in [6.45, 7) is 15.4. The first-order valence-corrected chi connectivity index (χ1v) is 27.5. The van der Waals surface area contributed by atoms with E-state index in [0.717, 1.165) is 107 Å². The van der Waals surface area contributed by atoms with Crippen LogP contribution in [0.5, 0.6) is 11.5 Å². The van der Waals surface area contributed by atoms with Gasteiger partial charge in [0, 0.05) is 6.10 Å². The molecule has 2 fully saturated rings. The second-order valence-corrected chi connectivity index (χ2v) is 25.8. The molecule has 11 heteroatoms. The molecule has 4 aliphatic carbocycles. The summed E-state index contributed by atoms with van der Waals surface area (Å²) in [7, 11) is -1.84. The smallest absolute Gasteiger partial charge is 0.341 e. The third-order valence-corrected chi connectivity index (χ3v) is 20.1. The summed E-state index contributed by atoms with van der Waals surface area (Å²) in [5, 5.41) is 50.2. The van der Waals surface area contributed by atoms with E-state index in [1.165, 1.54) is 30.4 Å². The van der Waals surface area contributed by atoms with E-state index in [-0.39, 0.29) is 48.6 Å². The fraction of sp³-hybridized carbons (Fsp3) is 0.731. The van der Waals surface area contributed by atoms with Crippen LogP contribution in [-0.4, -0.2) is 83.4 Å². The van der Waals surface area contributed by atoms with Crippen molar-refractivity contribution in [2.24, 2.45) is 35.5 Å². The normalized spacial score (nSPS) is 26.0. The zero-order valence-corrected chi connectivity index (χ0v) is 40.7. The van der Waals surface area contributed by atoms with E-state index < -0.39 is 20.3 Å². The first-order valence-electron chi connectivity index (χ1n) is 24.5. The highest BCUT2D eigenvalue weighted by atomic mass is 28.4. The molecule has 0 saturated heterocycles. The van der Waals surface area contributed by atoms with Crippen molar-refractivity contribution in [3.05, 3.63) is 58.7 Å². The standard InChI is InChI=1S/C29H48O5Si.C23H34O5/c1-7-8-9-12-22(34-35(5,6)29(2,3)4)14-15-23-24-16-20-11-10-13-27(33-19-28(31)32)25(20)17-21(24)18-26(23)30;1-2-3-4-7-17(24)9-10-18-19-11-15-6-5-8-22(28-14-23(26)27)20(15)12-16(19)13-21(18)25/h10-11,13,21-24,26,30H,7-9,12,14-19H2,1-6H3,(H,31,32);5-6,8,16-19,21,24-25H,2-4,7,9-14H2,1H3,(H,26,27)/t21-,22-,23+,24-,26+;16-,17-,18+,19-,21+/m00/s1. The summed E-state index contributed by atoms with van der Waals surface area (Å²) in [6.07, 6.45) is 17.3. The Balaban J connectivity index is 0.000000243. The van der Waals surface area contributed by atoms with Gasteiger partial charge in [-0.1, -0.05) is 97.4 Å². The number of hydrogen-bond donors (Lipinski definition) is 5. The first-order chi connectivity index (χ1) is 29.9. The highest BCUT2D eigenvalue weighted by Crippen LogP contribution is 2.50. The second kappa shape index (κ2) is 23.5. The Morgan fingerprint density at radius 3 is 1.59 bits per heavy atom. The van der Waals surface area contributed by atoms with Crippen LogP contribution in [0.4, 0.5) is 0 Å². The monoisotopic (exact) mass is 895 g/mol. The van der Waals surface area contributed by atoms with Crippen molar-refractivity contribution in [2.75, 3.05) is 13.2 Å². The Morgan fingerprint density at radius 2 is 1.14 bits per heavy atom. The Morgan fingerprint density at radius 1 is 0.683 bits per heavy atom. The molecule has 10 nitrogen and oxygen atoms in total. The van der Waals surface area contributed by atoms with Gasteiger partial charge < -0.3 is 39.4 Å². The van der Waals surface area contributed by atoms with Crippen LogP contribution in [0.1, 0.15) is 147 Å². The van der Waals surface area contributed by atoms with Gasteiger partial charge >= 0.3 is 11.9 Å². The van der Waals surface area contributed by atoms with Crippen molar-refractivity contribution in [3.63, 3.8) is 0 Å². The Bertz CT molecular complexity index is 1760. The van der Waals surface area contributed by atoms with Crippen LogP contribution in [0.2, 0.25) is 18.1 Å². The summed E-state index contributed by atoms with van der Waals surface area (Å²) in [5.41, 5.74) is 4.72. The molecule has 2 aromatic rings. The zero-order chi connectivity index (χ0) is 45.9. The van der Waals surface area contributed by atoms with Crippen molar-refractivity contribution >= 4 is 20.3 Å². The van der Waals surface area contributed by atoms with Gasteiger partial charge in [-0.15, -0.1) is 0 Å². The molecule has 0 aliphatic heterocycles. The van der Waals surface area contributed by atoms with Gasteiger partial charge in [-0.25, -0.2) is 9.59 Å². The Kier molecular flexibility index (Phi) is 19.0. The molecule has 0 bridgehead atoms. The summed E-state index contributed by atoms with van der Waals surface area (Å²) >= 11 is 0. The molecule has 0 unspecified atom stereocenters. The van der Waals surface area contributed by atoms with Gasteiger partial charge in [0.25, 0.3) is 0 Å². The predicted octanol–water partition coefficient (Wildman–Crippen LogP) is 10.2. The van der Waals surface area contributed by atoms with E-state index >= 15 is 0 Å². The molecule has 0 spiro atoms. The number of rotatable bonds is 22. The molecule has 2 saturated carbocycles. The summed E-state index contributed by atoms with van der Waals surface area (Å²) in [4.78, 5) is 21.8. The molecule has 10 atom stereocenters. The SMILES string of the molecule is CCCCC[C@@H](CC[C@@H]1[C@H]2Cc3cccc(OCC(=O)O)c3C[C@H]2C[C@H]1O)O[Si](C)(C)C(C)(C)C.CCCCC[C@H](O)CC[C@@H]1[C@H]2Cc3cccc(OCC(=O)O)c3C[C@H]2C[C@H]1O. The average Bonchev–Trinajstić information content (AvgIpc) is 3.70. The highest BCUT2D eigenvalue weighted by Gasteiger charge is 2.47. The van der Waals surface area contributed by atoms with E-state index in [0.29, 0.717) is 41.1 Å². The number of benzene rings is 2. The van der Waals surface area contributed by atoms with Crippen molar-refractivity contribution in [3.8, 4) is 11.5 Å². The van der Waals surface area contributed by atoms with Gasteiger partial charge in [0.05, 0.1) is 18.3 Å². The molecule has 5 N–H and O–H groups in total. The fourth-order valence-corrected chi connectivity index (χ4v) is 12.6. The number of ether oxygens (including phenoxy) is 2. The molecule has 6 rings (SSSR count). The largest absolute Gasteiger partial charge is 0.482 e. The van der Waals surface area contributed by atoms with Gasteiger partial charge in [-0.2, -0.15) is 0 Å². The second-order valence-electron chi connectivity index (χ2n) is 21.1. The summed E-state index contributed by atoms with van der Waals surface area (Å²) in [5.74, 6) is 1.70. The van der Waals surface area contributed by atoms with Crippen molar-refractivity contribution in [1.82, 2.24) is 0 Å². The lowest BCUT2D eigenvalue weighted by molar-refractivity contribution is -0.140. The van der Waals surface area contributed by atoms with Gasteiger partial charge in [0.1, 0.15) is 11.5 Å². The van der Waals surface area contributed by atoms with Crippen LogP contribution in [0, 0.1) is 35.5 Å². The lowest BCUT2D eigenvalue weighted by Gasteiger charge is -2.40. The number of unbranched alkanes of at least 4 members (excludes halogenated alkanes) is 4. The Labute approximate surface area is 379 Å². The number of carboxylic acid groups (broad SMARTS) is 2. The van der Waals surface area contributed by atoms with Gasteiger partial charge in [0.2, 0.25) is 0 Å². The van der Waals surface area contributed by atoms with E-state index in [1.54, 1.807) is 0 Å². The topological polar surface area (TPSA) is 163 Å². The average molecular weight is 895 g/mol. The maximum absolute atomic E-state index is 11.1. The quantitative estimate of drug-likeness (QED) is 0.0568. The molecular weight excluding hydrogens is 813 g/mol. The fourth-order valence-electron chi connectivity index (χ4n) is 11.2. The molecule has 2 aromatic carbocycles. The van der Waals surface area contributed by atoms with E-state index in [9.17, 15) is 24.9 Å². The van der Waals surface area contributed by atoms with Gasteiger partial charge in [0.15, 0.2) is 21.5 Å². The van der Waals surface area contributed by atoms with Crippen LogP contribution in [0.15, 0.2) is 36.4 Å². The molecular formula is C52H82O10Si. The van der Waals surface area contributed by atoms with Crippen LogP contribution in [0.25, 0.3) is 0 Å². The minimum atomic E-state index is -1.84. The van der Waals surface area contributed by atoms with Gasteiger partial charge in [-0.3, -0.25) is 0 Å². The Hall–Kier alpha value is -2.96. The minimum Gasteiger partial charge on any atom is -0.482 e. The lowest BCUT2D eigenvalue weighted by Crippen LogP contribution is -2.44. The molecule has 4 aliphatic rings. The maximum Gasteiger partial charge on any atom is 0.341 e. The van der Waals surface area contributed by atoms with Crippen molar-refractivity contribution < 1.29 is 49.0 Å². The number of aliphatic hydroxyl groups is 3. The predicted molar refractivity (Wildman–Crippen MR) is 251 cm³/mol. The number of fused-ring (bicyclic) bond motifs is 4. The lowest BCUT2D eigenvalue weighted by atomic mass is 9.73. The molecule has 0 radical (unpaired) electrons. The molecule has 0 amide bonds. The number of aliphatic hydroxyl groups excluding tert-OH is 3. The number of carbonyl (C=O) groups is 2. The van der Waals surface area contributed by atoms with E-state index in [1.807, 2.05) is 24.3 Å². The van der Waals surface area contributed by atoms with Gasteiger partial charge in [-0.05, 0) is 165 Å². The number of aliphatic carboxylic acids is 2. The molecule has 0 aromatic heterocycles. The van der Waals surface area contributed by atoms with Crippen LogP contribution < -0.4 is 9.47 Å². The number of hydrogen-bond acceptors (Lipinski definition) is 8. The minimum absolute atomic E-state index is 0.196. The summed E-state index contributed by atoms with van der Waals surface area (Å²) < 4.78 is 18.0. The third-order valence-electron chi connectivity index (χ3n) is 15.6. The summed E-state index contributed by atoms with van der Waals surface area (Å²) in [6, 6.07) is 11.9. The zero-order valence-electron chi connectivity index (χ0n) is 39.7. The molecule has 354 valence electrons.